The van der Waals surface area contributed by atoms with Crippen LogP contribution in [0.15, 0.2) is 0 Å². The molecule has 0 saturated carbocycles. The van der Waals surface area contributed by atoms with Crippen LogP contribution in [0.1, 0.15) is 25.7 Å². The summed E-state index contributed by atoms with van der Waals surface area (Å²) < 4.78 is 0. The topological polar surface area (TPSA) is 12.0 Å². The Kier molecular flexibility index (Phi) is 4.57. The Balaban J connectivity index is 2.28. The Bertz CT molecular complexity index is 156. The van der Waals surface area contributed by atoms with E-state index >= 15 is 0 Å². The van der Waals surface area contributed by atoms with Crippen LogP contribution < -0.4 is 5.32 Å². The van der Waals surface area contributed by atoms with Crippen LogP contribution in [0.25, 0.3) is 0 Å². The lowest BCUT2D eigenvalue weighted by Gasteiger charge is -2.21. The molecular weight excluding hydrogens is 166 g/mol. The SMILES string of the molecule is C#CCCC(NC)C1CCCS1. The van der Waals surface area contributed by atoms with Gasteiger partial charge in [0, 0.05) is 17.7 Å². The number of thioether (sulfide) groups is 1. The molecule has 2 atom stereocenters. The molecular formula is C10H17NS. The second kappa shape index (κ2) is 5.50. The van der Waals surface area contributed by atoms with Crippen LogP contribution in [0.3, 0.4) is 0 Å². The zero-order valence-corrected chi connectivity index (χ0v) is 8.49. The first-order valence-corrected chi connectivity index (χ1v) is 5.65. The number of hydrogen-bond donors (Lipinski definition) is 1. The van der Waals surface area contributed by atoms with Crippen LogP contribution in [0, 0.1) is 12.3 Å². The molecule has 1 heterocycles. The summed E-state index contributed by atoms with van der Waals surface area (Å²) in [5, 5.41) is 4.17. The van der Waals surface area contributed by atoms with Gasteiger partial charge in [-0.25, -0.2) is 0 Å². The average Bonchev–Trinajstić information content (AvgIpc) is 2.59. The Morgan fingerprint density at radius 3 is 3.08 bits per heavy atom. The van der Waals surface area contributed by atoms with E-state index in [2.05, 4.69) is 23.0 Å². The normalized spacial score (nSPS) is 25.2. The van der Waals surface area contributed by atoms with E-state index in [-0.39, 0.29) is 0 Å². The van der Waals surface area contributed by atoms with Crippen molar-refractivity contribution in [2.45, 2.75) is 37.0 Å². The van der Waals surface area contributed by atoms with Gasteiger partial charge in [0.25, 0.3) is 0 Å². The molecule has 2 unspecified atom stereocenters. The molecule has 0 radical (unpaired) electrons. The van der Waals surface area contributed by atoms with Crippen LogP contribution in [0.2, 0.25) is 0 Å². The van der Waals surface area contributed by atoms with Crippen LogP contribution >= 0.6 is 11.8 Å². The molecule has 0 aromatic heterocycles. The zero-order valence-electron chi connectivity index (χ0n) is 7.68. The van der Waals surface area contributed by atoms with Gasteiger partial charge in [0.1, 0.15) is 0 Å². The van der Waals surface area contributed by atoms with Crippen LogP contribution in [0.5, 0.6) is 0 Å². The van der Waals surface area contributed by atoms with Crippen molar-refractivity contribution in [1.82, 2.24) is 5.32 Å². The van der Waals surface area contributed by atoms with Crippen molar-refractivity contribution in [3.05, 3.63) is 0 Å². The summed E-state index contributed by atoms with van der Waals surface area (Å²) in [6, 6.07) is 0.633. The van der Waals surface area contributed by atoms with E-state index in [9.17, 15) is 0 Å². The summed E-state index contributed by atoms with van der Waals surface area (Å²) in [6.07, 6.45) is 10.0. The monoisotopic (exact) mass is 183 g/mol. The summed E-state index contributed by atoms with van der Waals surface area (Å²) in [6.45, 7) is 0. The standard InChI is InChI=1S/C10H17NS/c1-3-4-6-9(11-2)10-7-5-8-12-10/h1,9-11H,4-8H2,2H3. The summed E-state index contributed by atoms with van der Waals surface area (Å²) in [5.41, 5.74) is 0. The molecule has 1 aliphatic rings. The van der Waals surface area contributed by atoms with E-state index in [1.165, 1.54) is 18.6 Å². The van der Waals surface area contributed by atoms with Crippen molar-refractivity contribution < 1.29 is 0 Å². The molecule has 0 aromatic rings. The molecule has 1 N–H and O–H groups in total. The van der Waals surface area contributed by atoms with E-state index in [1.54, 1.807) is 0 Å². The Morgan fingerprint density at radius 2 is 2.58 bits per heavy atom. The van der Waals surface area contributed by atoms with Gasteiger partial charge in [-0.3, -0.25) is 0 Å². The second-order valence-electron chi connectivity index (χ2n) is 3.19. The van der Waals surface area contributed by atoms with Crippen molar-refractivity contribution in [3.8, 4) is 12.3 Å². The molecule has 1 nitrogen and oxygen atoms in total. The van der Waals surface area contributed by atoms with Gasteiger partial charge in [-0.05, 0) is 32.1 Å². The summed E-state index contributed by atoms with van der Waals surface area (Å²) >= 11 is 2.09. The molecule has 0 amide bonds. The Hall–Kier alpha value is -0.130. The van der Waals surface area contributed by atoms with Crippen molar-refractivity contribution in [1.29, 1.82) is 0 Å². The number of rotatable bonds is 4. The summed E-state index contributed by atoms with van der Waals surface area (Å²) in [7, 11) is 2.04. The lowest BCUT2D eigenvalue weighted by molar-refractivity contribution is 0.500. The van der Waals surface area contributed by atoms with Gasteiger partial charge < -0.3 is 5.32 Å². The third-order valence-corrected chi connectivity index (χ3v) is 3.90. The highest BCUT2D eigenvalue weighted by Crippen LogP contribution is 2.30. The fourth-order valence-corrected chi connectivity index (χ4v) is 3.15. The molecule has 1 aliphatic heterocycles. The molecule has 1 fully saturated rings. The molecule has 12 heavy (non-hydrogen) atoms. The van der Waals surface area contributed by atoms with Crippen LogP contribution in [-0.2, 0) is 0 Å². The van der Waals surface area contributed by atoms with Crippen molar-refractivity contribution in [3.63, 3.8) is 0 Å². The van der Waals surface area contributed by atoms with Crippen molar-refractivity contribution in [2.75, 3.05) is 12.8 Å². The molecule has 2 heteroatoms. The minimum Gasteiger partial charge on any atom is -0.316 e. The van der Waals surface area contributed by atoms with Gasteiger partial charge in [-0.15, -0.1) is 12.3 Å². The quantitative estimate of drug-likeness (QED) is 0.668. The molecule has 0 spiro atoms. The van der Waals surface area contributed by atoms with Gasteiger partial charge >= 0.3 is 0 Å². The highest BCUT2D eigenvalue weighted by molar-refractivity contribution is 8.00. The predicted octanol–water partition coefficient (Wildman–Crippen LogP) is 1.88. The molecule has 0 aliphatic carbocycles. The Morgan fingerprint density at radius 1 is 1.75 bits per heavy atom. The maximum Gasteiger partial charge on any atom is 0.0201 e. The van der Waals surface area contributed by atoms with E-state index in [0.29, 0.717) is 6.04 Å². The lowest BCUT2D eigenvalue weighted by Crippen LogP contribution is -2.34. The largest absolute Gasteiger partial charge is 0.316 e. The van der Waals surface area contributed by atoms with E-state index in [1.807, 2.05) is 7.05 Å². The van der Waals surface area contributed by atoms with Crippen molar-refractivity contribution >= 4 is 11.8 Å². The molecule has 0 bridgehead atoms. The average molecular weight is 183 g/mol. The smallest absolute Gasteiger partial charge is 0.0201 e. The van der Waals surface area contributed by atoms with E-state index < -0.39 is 0 Å². The maximum atomic E-state index is 5.25. The fourth-order valence-electron chi connectivity index (χ4n) is 1.67. The van der Waals surface area contributed by atoms with Crippen molar-refractivity contribution in [2.24, 2.45) is 0 Å². The third-order valence-electron chi connectivity index (χ3n) is 2.38. The van der Waals surface area contributed by atoms with Gasteiger partial charge in [0.05, 0.1) is 0 Å². The second-order valence-corrected chi connectivity index (χ2v) is 4.54. The first-order chi connectivity index (χ1) is 5.88. The van der Waals surface area contributed by atoms with E-state index in [0.717, 1.165) is 18.1 Å². The number of nitrogens with one attached hydrogen (secondary N) is 1. The minimum absolute atomic E-state index is 0.633. The highest BCUT2D eigenvalue weighted by atomic mass is 32.2. The van der Waals surface area contributed by atoms with Gasteiger partial charge in [0.15, 0.2) is 0 Å². The van der Waals surface area contributed by atoms with Crippen LogP contribution in [0.4, 0.5) is 0 Å². The first-order valence-electron chi connectivity index (χ1n) is 4.61. The molecule has 1 rings (SSSR count). The third kappa shape index (κ3) is 2.73. The molecule has 68 valence electrons. The fraction of sp³-hybridized carbons (Fsp3) is 0.800. The van der Waals surface area contributed by atoms with E-state index in [4.69, 9.17) is 6.42 Å². The molecule has 1 saturated heterocycles. The summed E-state index contributed by atoms with van der Waals surface area (Å²) in [4.78, 5) is 0. The maximum absolute atomic E-state index is 5.25. The number of hydrogen-bond acceptors (Lipinski definition) is 2. The predicted molar refractivity (Wildman–Crippen MR) is 56.4 cm³/mol. The van der Waals surface area contributed by atoms with Crippen LogP contribution in [-0.4, -0.2) is 24.1 Å². The lowest BCUT2D eigenvalue weighted by atomic mass is 10.1. The Labute approximate surface area is 79.7 Å². The van der Waals surface area contributed by atoms with Gasteiger partial charge in [0.2, 0.25) is 0 Å². The van der Waals surface area contributed by atoms with Gasteiger partial charge in [-0.1, -0.05) is 0 Å². The number of terminal acetylenes is 1. The summed E-state index contributed by atoms with van der Waals surface area (Å²) in [5.74, 6) is 4.04. The van der Waals surface area contributed by atoms with Gasteiger partial charge in [-0.2, -0.15) is 11.8 Å². The molecule has 0 aromatic carbocycles. The minimum atomic E-state index is 0.633. The first kappa shape index (κ1) is 9.95. The highest BCUT2D eigenvalue weighted by Gasteiger charge is 2.23. The zero-order chi connectivity index (χ0) is 8.81.